The summed E-state index contributed by atoms with van der Waals surface area (Å²) in [6.07, 6.45) is 1.88. The molecule has 1 aromatic heterocycles. The summed E-state index contributed by atoms with van der Waals surface area (Å²) in [5.41, 5.74) is 3.90. The Bertz CT molecular complexity index is 751. The molecular weight excluding hydrogens is 354 g/mol. The Morgan fingerprint density at radius 2 is 1.79 bits per heavy atom. The molecule has 2 heterocycles. The van der Waals surface area contributed by atoms with Crippen LogP contribution in [0, 0.1) is 0 Å². The first-order chi connectivity index (χ1) is 13.7. The smallest absolute Gasteiger partial charge is 0.271 e. The summed E-state index contributed by atoms with van der Waals surface area (Å²) < 4.78 is 5.33. The van der Waals surface area contributed by atoms with Crippen molar-refractivity contribution in [2.75, 3.05) is 44.7 Å². The summed E-state index contributed by atoms with van der Waals surface area (Å²) in [7, 11) is 0. The number of nitrogens with one attached hydrogen (secondary N) is 2. The molecule has 0 bridgehead atoms. The normalized spacial score (nSPS) is 14.6. The van der Waals surface area contributed by atoms with Crippen LogP contribution in [0.25, 0.3) is 0 Å². The number of aryl methyl sites for hydroxylation is 2. The fourth-order valence-electron chi connectivity index (χ4n) is 3.29. The molecule has 1 aromatic carbocycles. The number of benzene rings is 1. The minimum atomic E-state index is -0.199. The highest BCUT2D eigenvalue weighted by atomic mass is 16.5. The van der Waals surface area contributed by atoms with Crippen molar-refractivity contribution in [2.45, 2.75) is 26.7 Å². The van der Waals surface area contributed by atoms with E-state index >= 15 is 0 Å². The lowest BCUT2D eigenvalue weighted by atomic mass is 10.0. The molecule has 1 amide bonds. The molecular formula is C21H29N5O2. The number of hydrogen-bond donors (Lipinski definition) is 2. The van der Waals surface area contributed by atoms with Crippen molar-refractivity contribution in [3.05, 3.63) is 47.2 Å². The molecule has 1 saturated heterocycles. The maximum absolute atomic E-state index is 12.3. The van der Waals surface area contributed by atoms with Gasteiger partial charge in [-0.25, -0.2) is 0 Å². The number of anilines is 2. The lowest BCUT2D eigenvalue weighted by Crippen LogP contribution is -2.41. The third-order valence-corrected chi connectivity index (χ3v) is 4.97. The van der Waals surface area contributed by atoms with E-state index in [0.717, 1.165) is 51.4 Å². The number of ether oxygens (including phenoxy) is 1. The summed E-state index contributed by atoms with van der Waals surface area (Å²) >= 11 is 0. The minimum absolute atomic E-state index is 0.199. The molecule has 1 aliphatic rings. The van der Waals surface area contributed by atoms with Crippen LogP contribution >= 0.6 is 0 Å². The second-order valence-corrected chi connectivity index (χ2v) is 6.80. The highest BCUT2D eigenvalue weighted by molar-refractivity contribution is 5.92. The molecule has 0 radical (unpaired) electrons. The number of nitrogens with zero attached hydrogens (tertiary/aromatic N) is 3. The van der Waals surface area contributed by atoms with Gasteiger partial charge in [0.25, 0.3) is 5.91 Å². The average Bonchev–Trinajstić information content (AvgIpc) is 2.75. The van der Waals surface area contributed by atoms with Crippen LogP contribution in [-0.2, 0) is 17.6 Å². The van der Waals surface area contributed by atoms with Crippen LogP contribution in [0.2, 0.25) is 0 Å². The Labute approximate surface area is 166 Å². The van der Waals surface area contributed by atoms with E-state index in [2.05, 4.69) is 57.8 Å². The number of carbonyl (C=O) groups excluding carboxylic acids is 1. The molecule has 150 valence electrons. The summed E-state index contributed by atoms with van der Waals surface area (Å²) in [6.45, 7) is 9.01. The van der Waals surface area contributed by atoms with Crippen LogP contribution in [0.5, 0.6) is 0 Å². The molecule has 28 heavy (non-hydrogen) atoms. The molecule has 7 heteroatoms. The van der Waals surface area contributed by atoms with E-state index in [1.165, 1.54) is 11.1 Å². The van der Waals surface area contributed by atoms with E-state index in [1.54, 1.807) is 12.1 Å². The highest BCUT2D eigenvalue weighted by Gasteiger charge is 2.13. The summed E-state index contributed by atoms with van der Waals surface area (Å²) in [4.78, 5) is 14.6. The zero-order valence-electron chi connectivity index (χ0n) is 16.7. The predicted octanol–water partition coefficient (Wildman–Crippen LogP) is 2.41. The number of morpholine rings is 1. The summed E-state index contributed by atoms with van der Waals surface area (Å²) in [5.74, 6) is 0.441. The maximum Gasteiger partial charge on any atom is 0.271 e. The van der Waals surface area contributed by atoms with Gasteiger partial charge in [-0.3, -0.25) is 9.69 Å². The number of rotatable bonds is 8. The Balaban J connectivity index is 1.57. The first kappa shape index (κ1) is 20.2. The van der Waals surface area contributed by atoms with E-state index in [-0.39, 0.29) is 5.91 Å². The molecule has 0 spiro atoms. The molecule has 0 unspecified atom stereocenters. The predicted molar refractivity (Wildman–Crippen MR) is 110 cm³/mol. The zero-order valence-corrected chi connectivity index (χ0v) is 16.7. The Kier molecular flexibility index (Phi) is 7.33. The first-order valence-electron chi connectivity index (χ1n) is 10.0. The van der Waals surface area contributed by atoms with E-state index in [1.807, 2.05) is 0 Å². The molecule has 0 saturated carbocycles. The van der Waals surface area contributed by atoms with Crippen LogP contribution in [0.15, 0.2) is 30.3 Å². The van der Waals surface area contributed by atoms with Gasteiger partial charge in [0.2, 0.25) is 0 Å². The van der Waals surface area contributed by atoms with Crippen molar-refractivity contribution in [3.8, 4) is 0 Å². The van der Waals surface area contributed by atoms with E-state index in [0.29, 0.717) is 18.1 Å². The molecule has 1 fully saturated rings. The largest absolute Gasteiger partial charge is 0.379 e. The van der Waals surface area contributed by atoms with Gasteiger partial charge in [0, 0.05) is 31.9 Å². The van der Waals surface area contributed by atoms with Crippen LogP contribution in [0.3, 0.4) is 0 Å². The summed E-state index contributed by atoms with van der Waals surface area (Å²) in [6, 6.07) is 9.82. The Hall–Kier alpha value is -2.51. The van der Waals surface area contributed by atoms with Crippen molar-refractivity contribution in [3.63, 3.8) is 0 Å². The van der Waals surface area contributed by atoms with Gasteiger partial charge in [-0.05, 0) is 36.1 Å². The van der Waals surface area contributed by atoms with Crippen LogP contribution in [0.4, 0.5) is 11.5 Å². The molecule has 2 aromatic rings. The van der Waals surface area contributed by atoms with Crippen LogP contribution < -0.4 is 10.6 Å². The van der Waals surface area contributed by atoms with Crippen molar-refractivity contribution < 1.29 is 9.53 Å². The fraction of sp³-hybridized carbons (Fsp3) is 0.476. The minimum Gasteiger partial charge on any atom is -0.379 e. The van der Waals surface area contributed by atoms with Crippen molar-refractivity contribution >= 4 is 17.4 Å². The van der Waals surface area contributed by atoms with Gasteiger partial charge in [-0.1, -0.05) is 32.0 Å². The van der Waals surface area contributed by atoms with Crippen molar-refractivity contribution in [2.24, 2.45) is 0 Å². The Morgan fingerprint density at radius 3 is 2.39 bits per heavy atom. The number of carbonyl (C=O) groups is 1. The second kappa shape index (κ2) is 10.1. The van der Waals surface area contributed by atoms with Crippen molar-refractivity contribution in [1.82, 2.24) is 20.4 Å². The Morgan fingerprint density at radius 1 is 1.07 bits per heavy atom. The van der Waals surface area contributed by atoms with Gasteiger partial charge < -0.3 is 15.4 Å². The van der Waals surface area contributed by atoms with E-state index in [4.69, 9.17) is 4.74 Å². The number of aromatic nitrogens is 2. The molecule has 7 nitrogen and oxygen atoms in total. The molecule has 1 aliphatic heterocycles. The average molecular weight is 383 g/mol. The lowest BCUT2D eigenvalue weighted by molar-refractivity contribution is 0.0383. The molecule has 0 atom stereocenters. The van der Waals surface area contributed by atoms with E-state index < -0.39 is 0 Å². The van der Waals surface area contributed by atoms with Crippen LogP contribution in [0.1, 0.15) is 35.5 Å². The van der Waals surface area contributed by atoms with Gasteiger partial charge >= 0.3 is 0 Å². The molecule has 2 N–H and O–H groups in total. The highest BCUT2D eigenvalue weighted by Crippen LogP contribution is 2.25. The quantitative estimate of drug-likeness (QED) is 0.729. The van der Waals surface area contributed by atoms with Gasteiger partial charge in [-0.15, -0.1) is 10.2 Å². The van der Waals surface area contributed by atoms with Gasteiger partial charge in [0.15, 0.2) is 11.5 Å². The molecule has 3 rings (SSSR count). The third kappa shape index (κ3) is 5.27. The lowest BCUT2D eigenvalue weighted by Gasteiger charge is -2.26. The number of para-hydroxylation sites is 1. The second-order valence-electron chi connectivity index (χ2n) is 6.80. The monoisotopic (exact) mass is 383 g/mol. The maximum atomic E-state index is 12.3. The summed E-state index contributed by atoms with van der Waals surface area (Å²) in [5, 5.41) is 14.6. The van der Waals surface area contributed by atoms with E-state index in [9.17, 15) is 4.79 Å². The number of amides is 1. The van der Waals surface area contributed by atoms with Gasteiger partial charge in [0.1, 0.15) is 0 Å². The van der Waals surface area contributed by atoms with Gasteiger partial charge in [-0.2, -0.15) is 0 Å². The van der Waals surface area contributed by atoms with Crippen LogP contribution in [-0.4, -0.2) is 60.4 Å². The topological polar surface area (TPSA) is 79.4 Å². The standard InChI is InChI=1S/C21H29N5O2/c1-3-16-6-5-7-17(4-2)20(16)23-19-9-8-18(24-25-19)21(27)22-10-11-26-12-14-28-15-13-26/h5-9H,3-4,10-15H2,1-2H3,(H,22,27)(H,23,25). The van der Waals surface area contributed by atoms with Gasteiger partial charge in [0.05, 0.1) is 13.2 Å². The first-order valence-corrected chi connectivity index (χ1v) is 10.0. The third-order valence-electron chi connectivity index (χ3n) is 4.97. The number of hydrogen-bond acceptors (Lipinski definition) is 6. The molecule has 0 aliphatic carbocycles. The fourth-order valence-corrected chi connectivity index (χ4v) is 3.29. The van der Waals surface area contributed by atoms with Crippen molar-refractivity contribution in [1.29, 1.82) is 0 Å². The SMILES string of the molecule is CCc1cccc(CC)c1Nc1ccc(C(=O)NCCN2CCOCC2)nn1. The zero-order chi connectivity index (χ0) is 19.8.